The molecule has 0 unspecified atom stereocenters. The van der Waals surface area contributed by atoms with Gasteiger partial charge < -0.3 is 9.64 Å². The molecule has 2 aromatic carbocycles. The molecule has 1 amide bonds. The summed E-state index contributed by atoms with van der Waals surface area (Å²) in [6.45, 7) is 2.75. The molecule has 0 heterocycles. The Labute approximate surface area is 144 Å². The van der Waals surface area contributed by atoms with Crippen LogP contribution in [0.25, 0.3) is 0 Å². The van der Waals surface area contributed by atoms with Crippen molar-refractivity contribution in [2.45, 2.75) is 13.5 Å². The van der Waals surface area contributed by atoms with E-state index in [1.807, 2.05) is 37.3 Å². The number of carbonyl (C=O) groups is 1. The second-order valence-electron chi connectivity index (χ2n) is 5.05. The summed E-state index contributed by atoms with van der Waals surface area (Å²) in [5.41, 5.74) is 0.902. The van der Waals surface area contributed by atoms with Gasteiger partial charge in [-0.05, 0) is 18.6 Å². The molecule has 0 fully saturated rings. The summed E-state index contributed by atoms with van der Waals surface area (Å²) in [4.78, 5) is 24.1. The molecule has 126 valence electrons. The van der Waals surface area contributed by atoms with Crippen LogP contribution in [0.5, 0.6) is 5.75 Å². The van der Waals surface area contributed by atoms with E-state index < -0.39 is 4.92 Å². The van der Waals surface area contributed by atoms with Crippen molar-refractivity contribution < 1.29 is 14.5 Å². The zero-order chi connectivity index (χ0) is 17.5. The largest absolute Gasteiger partial charge is 0.482 e. The summed E-state index contributed by atoms with van der Waals surface area (Å²) < 4.78 is 5.41. The highest BCUT2D eigenvalue weighted by molar-refractivity contribution is 6.32. The average Bonchev–Trinajstić information content (AvgIpc) is 2.59. The third kappa shape index (κ3) is 4.70. The summed E-state index contributed by atoms with van der Waals surface area (Å²) in [5, 5.41) is 10.8. The molecule has 7 heteroatoms. The van der Waals surface area contributed by atoms with E-state index in [0.717, 1.165) is 5.56 Å². The fourth-order valence-electron chi connectivity index (χ4n) is 2.13. The maximum absolute atomic E-state index is 12.3. The lowest BCUT2D eigenvalue weighted by atomic mass is 10.2. The van der Waals surface area contributed by atoms with E-state index in [0.29, 0.717) is 13.1 Å². The van der Waals surface area contributed by atoms with Gasteiger partial charge in [-0.15, -0.1) is 0 Å². The second-order valence-corrected chi connectivity index (χ2v) is 5.46. The number of nitro benzene ring substituents is 1. The molecule has 2 aromatic rings. The normalized spacial score (nSPS) is 10.2. The zero-order valence-electron chi connectivity index (χ0n) is 13.1. The number of ether oxygens (including phenoxy) is 1. The topological polar surface area (TPSA) is 72.7 Å². The molecule has 0 saturated carbocycles. The number of nitrogens with zero attached hydrogens (tertiary/aromatic N) is 2. The molecule has 0 radical (unpaired) electrons. The van der Waals surface area contributed by atoms with E-state index in [-0.39, 0.29) is 29.0 Å². The fourth-order valence-corrected chi connectivity index (χ4v) is 2.36. The van der Waals surface area contributed by atoms with Gasteiger partial charge in [0.1, 0.15) is 5.75 Å². The first-order chi connectivity index (χ1) is 11.5. The minimum Gasteiger partial charge on any atom is -0.482 e. The summed E-state index contributed by atoms with van der Waals surface area (Å²) >= 11 is 5.95. The summed E-state index contributed by atoms with van der Waals surface area (Å²) in [6, 6.07) is 13.5. The van der Waals surface area contributed by atoms with Gasteiger partial charge in [-0.1, -0.05) is 41.9 Å². The number of non-ortho nitro benzene ring substituents is 1. The van der Waals surface area contributed by atoms with Gasteiger partial charge in [0.2, 0.25) is 0 Å². The van der Waals surface area contributed by atoms with Crippen LogP contribution in [0.3, 0.4) is 0 Å². The number of nitro groups is 1. The number of amides is 1. The van der Waals surface area contributed by atoms with Crippen molar-refractivity contribution in [3.8, 4) is 5.75 Å². The Balaban J connectivity index is 1.97. The van der Waals surface area contributed by atoms with Crippen LogP contribution in [0.2, 0.25) is 5.02 Å². The number of carbonyl (C=O) groups excluding carboxylic acids is 1. The van der Waals surface area contributed by atoms with E-state index in [1.54, 1.807) is 4.90 Å². The molecule has 2 rings (SSSR count). The molecule has 0 N–H and O–H groups in total. The lowest BCUT2D eigenvalue weighted by molar-refractivity contribution is -0.384. The van der Waals surface area contributed by atoms with Crippen molar-refractivity contribution in [3.05, 3.63) is 69.2 Å². The SMILES string of the molecule is CCN(Cc1ccccc1)C(=O)COc1ccc([N+](=O)[O-])cc1Cl. The molecular formula is C17H17ClN2O4. The third-order valence-corrected chi connectivity index (χ3v) is 3.72. The van der Waals surface area contributed by atoms with Crippen LogP contribution >= 0.6 is 11.6 Å². The second kappa shape index (κ2) is 8.31. The third-order valence-electron chi connectivity index (χ3n) is 3.43. The van der Waals surface area contributed by atoms with Crippen molar-refractivity contribution in [3.63, 3.8) is 0 Å². The molecule has 6 nitrogen and oxygen atoms in total. The van der Waals surface area contributed by atoms with Crippen LogP contribution < -0.4 is 4.74 Å². The lowest BCUT2D eigenvalue weighted by Gasteiger charge is -2.21. The predicted molar refractivity (Wildman–Crippen MR) is 91.1 cm³/mol. The molecule has 0 aliphatic carbocycles. The van der Waals surface area contributed by atoms with Crippen LogP contribution in [-0.2, 0) is 11.3 Å². The predicted octanol–water partition coefficient (Wildman–Crippen LogP) is 3.68. The van der Waals surface area contributed by atoms with Crippen molar-refractivity contribution in [2.24, 2.45) is 0 Å². The standard InChI is InChI=1S/C17H17ClN2O4/c1-2-19(11-13-6-4-3-5-7-13)17(21)12-24-16-9-8-14(20(22)23)10-15(16)18/h3-10H,2,11-12H2,1H3. The molecule has 0 spiro atoms. The van der Waals surface area contributed by atoms with Gasteiger partial charge in [0.05, 0.1) is 9.95 Å². The first-order valence-electron chi connectivity index (χ1n) is 7.39. The number of hydrogen-bond donors (Lipinski definition) is 0. The molecule has 0 atom stereocenters. The van der Waals surface area contributed by atoms with Gasteiger partial charge in [0.25, 0.3) is 11.6 Å². The molecule has 0 saturated heterocycles. The van der Waals surface area contributed by atoms with E-state index in [1.165, 1.54) is 18.2 Å². The summed E-state index contributed by atoms with van der Waals surface area (Å²) in [6.07, 6.45) is 0. The number of halogens is 1. The molecule has 0 aliphatic heterocycles. The highest BCUT2D eigenvalue weighted by atomic mass is 35.5. The van der Waals surface area contributed by atoms with Crippen molar-refractivity contribution >= 4 is 23.2 Å². The van der Waals surface area contributed by atoms with Crippen LogP contribution in [0.4, 0.5) is 5.69 Å². The quantitative estimate of drug-likeness (QED) is 0.565. The number of benzene rings is 2. The Kier molecular flexibility index (Phi) is 6.14. The van der Waals surface area contributed by atoms with Crippen molar-refractivity contribution in [1.82, 2.24) is 4.90 Å². The number of likely N-dealkylation sites (N-methyl/N-ethyl adjacent to an activating group) is 1. The number of hydrogen-bond acceptors (Lipinski definition) is 4. The first-order valence-corrected chi connectivity index (χ1v) is 7.77. The van der Waals surface area contributed by atoms with Gasteiger partial charge in [0, 0.05) is 25.2 Å². The maximum Gasteiger partial charge on any atom is 0.271 e. The minimum absolute atomic E-state index is 0.100. The molecule has 0 aromatic heterocycles. The molecular weight excluding hydrogens is 332 g/mol. The average molecular weight is 349 g/mol. The molecule has 0 aliphatic rings. The van der Waals surface area contributed by atoms with E-state index in [4.69, 9.17) is 16.3 Å². The summed E-state index contributed by atoms with van der Waals surface area (Å²) in [7, 11) is 0. The van der Waals surface area contributed by atoms with Crippen LogP contribution in [-0.4, -0.2) is 28.9 Å². The Bertz CT molecular complexity index is 722. The lowest BCUT2D eigenvalue weighted by Crippen LogP contribution is -2.34. The van der Waals surface area contributed by atoms with Gasteiger partial charge >= 0.3 is 0 Å². The van der Waals surface area contributed by atoms with E-state index in [9.17, 15) is 14.9 Å². The molecule has 24 heavy (non-hydrogen) atoms. The van der Waals surface area contributed by atoms with Gasteiger partial charge in [0.15, 0.2) is 6.61 Å². The monoisotopic (exact) mass is 348 g/mol. The Morgan fingerprint density at radius 3 is 2.54 bits per heavy atom. The zero-order valence-corrected chi connectivity index (χ0v) is 13.9. The molecule has 0 bridgehead atoms. The van der Waals surface area contributed by atoms with Gasteiger partial charge in [-0.2, -0.15) is 0 Å². The van der Waals surface area contributed by atoms with Gasteiger partial charge in [-0.3, -0.25) is 14.9 Å². The highest BCUT2D eigenvalue weighted by Gasteiger charge is 2.15. The van der Waals surface area contributed by atoms with Crippen molar-refractivity contribution in [1.29, 1.82) is 0 Å². The Morgan fingerprint density at radius 1 is 1.25 bits per heavy atom. The van der Waals surface area contributed by atoms with Crippen LogP contribution in [0.15, 0.2) is 48.5 Å². The van der Waals surface area contributed by atoms with Crippen molar-refractivity contribution in [2.75, 3.05) is 13.2 Å². The van der Waals surface area contributed by atoms with Crippen LogP contribution in [0, 0.1) is 10.1 Å². The minimum atomic E-state index is -0.542. The highest BCUT2D eigenvalue weighted by Crippen LogP contribution is 2.28. The van der Waals surface area contributed by atoms with E-state index in [2.05, 4.69) is 0 Å². The van der Waals surface area contributed by atoms with E-state index >= 15 is 0 Å². The Morgan fingerprint density at radius 2 is 1.96 bits per heavy atom. The van der Waals surface area contributed by atoms with Gasteiger partial charge in [-0.25, -0.2) is 0 Å². The fraction of sp³-hybridized carbons (Fsp3) is 0.235. The van der Waals surface area contributed by atoms with Crippen LogP contribution in [0.1, 0.15) is 12.5 Å². The number of rotatable bonds is 7. The maximum atomic E-state index is 12.3. The summed E-state index contributed by atoms with van der Waals surface area (Å²) in [5.74, 6) is 0.0575. The Hall–Kier alpha value is -2.60. The smallest absolute Gasteiger partial charge is 0.271 e. The first kappa shape index (κ1) is 17.7.